The van der Waals surface area contributed by atoms with Crippen LogP contribution in [0.5, 0.6) is 11.5 Å². The fraction of sp³-hybridized carbons (Fsp3) is 0.208. The quantitative estimate of drug-likeness (QED) is 0.0684. The van der Waals surface area contributed by atoms with Crippen LogP contribution >= 0.6 is 0 Å². The molecular formula is C53H53N5O6Si. The van der Waals surface area contributed by atoms with Crippen molar-refractivity contribution in [1.29, 1.82) is 0 Å². The summed E-state index contributed by atoms with van der Waals surface area (Å²) in [5, 5.41) is 17.0. The van der Waals surface area contributed by atoms with E-state index in [0.29, 0.717) is 28.2 Å². The molecule has 11 nitrogen and oxygen atoms in total. The highest BCUT2D eigenvalue weighted by atomic mass is 28.4. The van der Waals surface area contributed by atoms with Gasteiger partial charge in [-0.25, -0.2) is 15.0 Å². The van der Waals surface area contributed by atoms with Gasteiger partial charge in [-0.05, 0) is 68.5 Å². The second kappa shape index (κ2) is 19.0. The lowest BCUT2D eigenvalue weighted by Gasteiger charge is -2.48. The zero-order valence-corrected chi connectivity index (χ0v) is 38.2. The largest absolute Gasteiger partial charge is 0.497 e. The number of amides is 1. The third kappa shape index (κ3) is 8.81. The summed E-state index contributed by atoms with van der Waals surface area (Å²) in [7, 11) is 0.0197. The fourth-order valence-electron chi connectivity index (χ4n) is 8.73. The number of carbonyl (C=O) groups is 1. The lowest BCUT2D eigenvalue weighted by Crippen LogP contribution is -2.68. The molecule has 8 aromatic rings. The van der Waals surface area contributed by atoms with Gasteiger partial charge in [-0.3, -0.25) is 4.79 Å². The molecule has 2 heterocycles. The number of aliphatic hydroxyl groups excluding tert-OH is 1. The molecule has 2 aromatic heterocycles. The molecule has 0 radical (unpaired) electrons. The minimum absolute atomic E-state index is 0.0161. The number of aliphatic hydroxyl groups is 1. The van der Waals surface area contributed by atoms with Gasteiger partial charge in [-0.15, -0.1) is 0 Å². The maximum atomic E-state index is 13.4. The number of ether oxygens (including phenoxy) is 3. The molecule has 0 aliphatic heterocycles. The average Bonchev–Trinajstić information content (AvgIpc) is 3.77. The zero-order valence-electron chi connectivity index (χ0n) is 37.2. The van der Waals surface area contributed by atoms with Gasteiger partial charge in [0, 0.05) is 5.56 Å². The summed E-state index contributed by atoms with van der Waals surface area (Å²) in [5.41, 5.74) is 0.740. The molecule has 0 aliphatic rings. The van der Waals surface area contributed by atoms with Crippen LogP contribution in [0.4, 0.5) is 5.82 Å². The van der Waals surface area contributed by atoms with E-state index in [0.717, 1.165) is 27.1 Å². The summed E-state index contributed by atoms with van der Waals surface area (Å²) < 4.78 is 28.8. The second-order valence-corrected chi connectivity index (χ2v) is 21.3. The number of methoxy groups -OCH3 is 2. The minimum atomic E-state index is -3.25. The molecule has 65 heavy (non-hydrogen) atoms. The molecule has 6 aromatic carbocycles. The number of hydrogen-bond acceptors (Lipinski definition) is 9. The van der Waals surface area contributed by atoms with Crippen LogP contribution in [0, 0.1) is 0 Å². The molecule has 2 N–H and O–H groups in total. The monoisotopic (exact) mass is 883 g/mol. The van der Waals surface area contributed by atoms with Crippen molar-refractivity contribution in [2.75, 3.05) is 32.8 Å². The van der Waals surface area contributed by atoms with Crippen LogP contribution in [0.2, 0.25) is 5.04 Å². The number of benzene rings is 6. The van der Waals surface area contributed by atoms with E-state index in [1.54, 1.807) is 44.8 Å². The average molecular weight is 884 g/mol. The highest BCUT2D eigenvalue weighted by Crippen LogP contribution is 2.46. The Hall–Kier alpha value is -6.96. The van der Waals surface area contributed by atoms with Crippen molar-refractivity contribution in [2.24, 2.45) is 0 Å². The lowest BCUT2D eigenvalue weighted by molar-refractivity contribution is -0.169. The van der Waals surface area contributed by atoms with Gasteiger partial charge in [0.05, 0.1) is 40.3 Å². The van der Waals surface area contributed by atoms with Crippen molar-refractivity contribution < 1.29 is 28.5 Å². The fourth-order valence-corrected chi connectivity index (χ4v) is 13.4. The normalized spacial score (nSPS) is 13.0. The van der Waals surface area contributed by atoms with Crippen LogP contribution in [0.25, 0.3) is 11.2 Å². The van der Waals surface area contributed by atoms with E-state index in [1.807, 2.05) is 126 Å². The lowest BCUT2D eigenvalue weighted by atomic mass is 9.79. The highest BCUT2D eigenvalue weighted by molar-refractivity contribution is 6.99. The van der Waals surface area contributed by atoms with Crippen LogP contribution in [-0.4, -0.2) is 71.9 Å². The van der Waals surface area contributed by atoms with Gasteiger partial charge >= 0.3 is 0 Å². The predicted molar refractivity (Wildman–Crippen MR) is 257 cm³/mol. The smallest absolute Gasteiger partial charge is 0.261 e. The first kappa shape index (κ1) is 44.6. The zero-order chi connectivity index (χ0) is 45.5. The molecule has 0 fully saturated rings. The van der Waals surface area contributed by atoms with Gasteiger partial charge in [0.15, 0.2) is 17.0 Å². The van der Waals surface area contributed by atoms with E-state index >= 15 is 0 Å². The number of rotatable bonds is 17. The van der Waals surface area contributed by atoms with Crippen LogP contribution in [0.1, 0.15) is 47.8 Å². The number of nitrogens with zero attached hydrogens (tertiary/aromatic N) is 4. The van der Waals surface area contributed by atoms with Crippen LogP contribution in [0.3, 0.4) is 0 Å². The van der Waals surface area contributed by atoms with Gasteiger partial charge in [0.1, 0.15) is 29.0 Å². The molecule has 0 aliphatic carbocycles. The van der Waals surface area contributed by atoms with Crippen molar-refractivity contribution in [3.05, 3.63) is 205 Å². The minimum Gasteiger partial charge on any atom is -0.497 e. The summed E-state index contributed by atoms with van der Waals surface area (Å²) in [6, 6.07) is 55.2. The van der Waals surface area contributed by atoms with Crippen LogP contribution < -0.4 is 25.2 Å². The van der Waals surface area contributed by atoms with E-state index in [4.69, 9.17) is 28.6 Å². The van der Waals surface area contributed by atoms with Gasteiger partial charge in [-0.1, -0.05) is 154 Å². The molecular weight excluding hydrogens is 831 g/mol. The van der Waals surface area contributed by atoms with Crippen LogP contribution in [-0.2, 0) is 21.3 Å². The molecule has 0 saturated carbocycles. The number of carbonyl (C=O) groups excluding carboxylic acids is 1. The van der Waals surface area contributed by atoms with Crippen molar-refractivity contribution in [2.45, 2.75) is 43.6 Å². The van der Waals surface area contributed by atoms with Crippen LogP contribution in [0.15, 0.2) is 183 Å². The molecule has 8 rings (SSSR count). The second-order valence-electron chi connectivity index (χ2n) is 17.0. The molecule has 330 valence electrons. The third-order valence-corrected chi connectivity index (χ3v) is 16.9. The highest BCUT2D eigenvalue weighted by Gasteiger charge is 2.53. The van der Waals surface area contributed by atoms with E-state index in [2.05, 4.69) is 55.3 Å². The Balaban J connectivity index is 1.35. The van der Waals surface area contributed by atoms with Crippen molar-refractivity contribution >= 4 is 41.6 Å². The standard InChI is InChI=1S/C53H53N5O6Si/c1-51(2,3)65(45-22-14-8-15-23-45,46-24-16-9-17-25-46)63-36-52(35-59,34-58-38-56-47-48(54-37-55-49(47)58)57-50(60)39-18-10-6-11-19-39)64-53(40-20-12-7-13-21-40,41-26-30-43(61-4)31-27-41)42-28-32-44(62-5)33-29-42/h6-33,37-38,59H,34-36H2,1-5H3,(H,54,55,57,60). The van der Waals surface area contributed by atoms with Crippen molar-refractivity contribution in [1.82, 2.24) is 19.5 Å². The Morgan fingerprint density at radius 3 is 1.63 bits per heavy atom. The Morgan fingerprint density at radius 2 is 1.14 bits per heavy atom. The third-order valence-electron chi connectivity index (χ3n) is 11.9. The maximum Gasteiger partial charge on any atom is 0.261 e. The summed E-state index contributed by atoms with van der Waals surface area (Å²) >= 11 is 0. The first-order valence-electron chi connectivity index (χ1n) is 21.5. The number of fused-ring (bicyclic) bond motifs is 1. The molecule has 1 atom stereocenters. The molecule has 12 heteroatoms. The molecule has 0 spiro atoms. The molecule has 0 bridgehead atoms. The number of nitrogens with one attached hydrogen (secondary N) is 1. The van der Waals surface area contributed by atoms with Crippen molar-refractivity contribution in [3.8, 4) is 11.5 Å². The van der Waals surface area contributed by atoms with E-state index in [-0.39, 0.29) is 24.9 Å². The van der Waals surface area contributed by atoms with Crippen molar-refractivity contribution in [3.63, 3.8) is 0 Å². The van der Waals surface area contributed by atoms with Gasteiger partial charge < -0.3 is 33.6 Å². The molecule has 1 amide bonds. The Bertz CT molecular complexity index is 2720. The first-order valence-corrected chi connectivity index (χ1v) is 23.4. The maximum absolute atomic E-state index is 13.4. The Morgan fingerprint density at radius 1 is 0.646 bits per heavy atom. The molecule has 1 unspecified atom stereocenters. The van der Waals surface area contributed by atoms with Gasteiger partial charge in [0.2, 0.25) is 0 Å². The van der Waals surface area contributed by atoms with E-state index < -0.39 is 31.2 Å². The summed E-state index contributed by atoms with van der Waals surface area (Å²) in [6.07, 6.45) is 3.03. The number of hydrogen-bond donors (Lipinski definition) is 2. The molecule has 0 saturated heterocycles. The van der Waals surface area contributed by atoms with E-state index in [1.165, 1.54) is 6.33 Å². The number of aromatic nitrogens is 4. The Labute approximate surface area is 380 Å². The SMILES string of the molecule is COc1ccc(C(OC(CO)(CO[Si](c2ccccc2)(c2ccccc2)C(C)(C)C)Cn2cnc3c(NC(=O)c4ccccc4)ncnc32)(c2ccccc2)c2ccc(OC)cc2)cc1. The number of anilines is 1. The Kier molecular flexibility index (Phi) is 13.1. The van der Waals surface area contributed by atoms with Gasteiger partial charge in [0.25, 0.3) is 14.2 Å². The van der Waals surface area contributed by atoms with E-state index in [9.17, 15) is 9.90 Å². The predicted octanol–water partition coefficient (Wildman–Crippen LogP) is 8.41. The topological polar surface area (TPSA) is 130 Å². The summed E-state index contributed by atoms with van der Waals surface area (Å²) in [4.78, 5) is 27.3. The number of imidazole rings is 1. The first-order chi connectivity index (χ1) is 31.6. The van der Waals surface area contributed by atoms with Gasteiger partial charge in [-0.2, -0.15) is 0 Å². The summed E-state index contributed by atoms with van der Waals surface area (Å²) in [5.74, 6) is 1.26. The summed E-state index contributed by atoms with van der Waals surface area (Å²) in [6.45, 7) is 6.11.